The Labute approximate surface area is 159 Å². The number of aryl methyl sites for hydroxylation is 2. The topological polar surface area (TPSA) is 56.7 Å². The predicted octanol–water partition coefficient (Wildman–Crippen LogP) is 5.37. The molecular weight excluding hydrogens is 344 g/mol. The van der Waals surface area contributed by atoms with E-state index in [4.69, 9.17) is 9.40 Å². The van der Waals surface area contributed by atoms with E-state index in [2.05, 4.69) is 56.3 Å². The molecule has 0 amide bonds. The van der Waals surface area contributed by atoms with Crippen LogP contribution >= 0.6 is 11.8 Å². The lowest BCUT2D eigenvalue weighted by Gasteiger charge is -2.13. The molecule has 0 fully saturated rings. The van der Waals surface area contributed by atoms with Gasteiger partial charge in [-0.15, -0.1) is 10.2 Å². The average molecular weight is 371 g/mol. The predicted molar refractivity (Wildman–Crippen MR) is 105 cm³/mol. The van der Waals surface area contributed by atoms with Crippen LogP contribution in [-0.4, -0.2) is 19.7 Å². The molecule has 3 aromatic rings. The first kappa shape index (κ1) is 18.7. The molecule has 138 valence electrons. The van der Waals surface area contributed by atoms with Gasteiger partial charge in [-0.3, -0.25) is 0 Å². The molecular formula is C20H26N4OS. The smallest absolute Gasteiger partial charge is 0.247 e. The van der Waals surface area contributed by atoms with E-state index in [-0.39, 0.29) is 5.25 Å². The number of hydrogen-bond donors (Lipinski definition) is 0. The molecule has 1 aromatic carbocycles. The summed E-state index contributed by atoms with van der Waals surface area (Å²) < 4.78 is 8.21. The number of aromatic nitrogens is 4. The SMILES string of the molecule is Cc1ccc(-c2nnc(C(C)Sc3nc(C)c(C)n3CC(C)C)o2)cc1. The maximum absolute atomic E-state index is 5.92. The maximum Gasteiger partial charge on any atom is 0.247 e. The van der Waals surface area contributed by atoms with Crippen molar-refractivity contribution in [3.63, 3.8) is 0 Å². The van der Waals surface area contributed by atoms with Gasteiger partial charge in [0, 0.05) is 17.8 Å². The molecule has 6 heteroatoms. The van der Waals surface area contributed by atoms with Crippen LogP contribution in [0, 0.1) is 26.7 Å². The zero-order valence-corrected chi connectivity index (χ0v) is 17.1. The highest BCUT2D eigenvalue weighted by atomic mass is 32.2. The van der Waals surface area contributed by atoms with Crippen LogP contribution in [0.25, 0.3) is 11.5 Å². The molecule has 0 N–H and O–H groups in total. The maximum atomic E-state index is 5.92. The third-order valence-electron chi connectivity index (χ3n) is 4.34. The fourth-order valence-corrected chi connectivity index (χ4v) is 3.75. The molecule has 0 aliphatic rings. The first-order chi connectivity index (χ1) is 12.3. The average Bonchev–Trinajstić information content (AvgIpc) is 3.17. The van der Waals surface area contributed by atoms with Gasteiger partial charge in [-0.25, -0.2) is 4.98 Å². The van der Waals surface area contributed by atoms with Gasteiger partial charge >= 0.3 is 0 Å². The Kier molecular flexibility index (Phi) is 5.51. The van der Waals surface area contributed by atoms with Crippen molar-refractivity contribution in [3.05, 3.63) is 47.1 Å². The zero-order valence-electron chi connectivity index (χ0n) is 16.3. The minimum Gasteiger partial charge on any atom is -0.419 e. The van der Waals surface area contributed by atoms with Crippen LogP contribution < -0.4 is 0 Å². The quantitative estimate of drug-likeness (QED) is 0.546. The van der Waals surface area contributed by atoms with Gasteiger partial charge in [0.05, 0.1) is 10.9 Å². The van der Waals surface area contributed by atoms with E-state index in [0.717, 1.165) is 23.0 Å². The van der Waals surface area contributed by atoms with Crippen molar-refractivity contribution in [2.45, 2.75) is 58.5 Å². The highest BCUT2D eigenvalue weighted by molar-refractivity contribution is 7.99. The van der Waals surface area contributed by atoms with Crippen molar-refractivity contribution in [1.29, 1.82) is 0 Å². The number of thioether (sulfide) groups is 1. The van der Waals surface area contributed by atoms with Crippen molar-refractivity contribution in [2.24, 2.45) is 5.92 Å². The van der Waals surface area contributed by atoms with Crippen LogP contribution in [0.5, 0.6) is 0 Å². The van der Waals surface area contributed by atoms with Gasteiger partial charge in [-0.2, -0.15) is 0 Å². The van der Waals surface area contributed by atoms with Gasteiger partial charge in [0.1, 0.15) is 0 Å². The molecule has 26 heavy (non-hydrogen) atoms. The summed E-state index contributed by atoms with van der Waals surface area (Å²) in [5, 5.41) is 9.52. The Hall–Kier alpha value is -2.08. The van der Waals surface area contributed by atoms with Gasteiger partial charge in [0.15, 0.2) is 5.16 Å². The molecule has 0 saturated carbocycles. The van der Waals surface area contributed by atoms with Crippen molar-refractivity contribution in [2.75, 3.05) is 0 Å². The molecule has 0 spiro atoms. The van der Waals surface area contributed by atoms with E-state index in [9.17, 15) is 0 Å². The Morgan fingerprint density at radius 3 is 2.38 bits per heavy atom. The monoisotopic (exact) mass is 370 g/mol. The first-order valence-corrected chi connectivity index (χ1v) is 9.84. The second kappa shape index (κ2) is 7.66. The Bertz CT molecular complexity index is 880. The Morgan fingerprint density at radius 1 is 1.04 bits per heavy atom. The summed E-state index contributed by atoms with van der Waals surface area (Å²) in [6.07, 6.45) is 0. The number of nitrogens with zero attached hydrogens (tertiary/aromatic N) is 4. The van der Waals surface area contributed by atoms with Gasteiger partial charge in [0.2, 0.25) is 11.8 Å². The highest BCUT2D eigenvalue weighted by Gasteiger charge is 2.21. The number of rotatable bonds is 6. The lowest BCUT2D eigenvalue weighted by Crippen LogP contribution is -2.08. The standard InChI is InChI=1S/C20H26N4OS/c1-12(2)11-24-15(5)14(4)21-20(24)26-16(6)18-22-23-19(25-18)17-9-7-13(3)8-10-17/h7-10,12,16H,11H2,1-6H3. The Morgan fingerprint density at radius 2 is 1.73 bits per heavy atom. The van der Waals surface area contributed by atoms with Crippen LogP contribution in [-0.2, 0) is 6.54 Å². The van der Waals surface area contributed by atoms with Gasteiger partial charge in [-0.05, 0) is 45.7 Å². The summed E-state index contributed by atoms with van der Waals surface area (Å²) in [7, 11) is 0. The summed E-state index contributed by atoms with van der Waals surface area (Å²) in [6, 6.07) is 8.11. The van der Waals surface area contributed by atoms with Crippen LogP contribution in [0.1, 0.15) is 48.9 Å². The molecule has 0 aliphatic carbocycles. The van der Waals surface area contributed by atoms with Gasteiger partial charge < -0.3 is 8.98 Å². The van der Waals surface area contributed by atoms with Crippen LogP contribution in [0.3, 0.4) is 0 Å². The second-order valence-electron chi connectivity index (χ2n) is 7.14. The van der Waals surface area contributed by atoms with Crippen molar-refractivity contribution >= 4 is 11.8 Å². The van der Waals surface area contributed by atoms with Crippen LogP contribution in [0.15, 0.2) is 33.8 Å². The van der Waals surface area contributed by atoms with E-state index in [1.807, 2.05) is 24.3 Å². The van der Waals surface area contributed by atoms with E-state index in [1.165, 1.54) is 11.3 Å². The van der Waals surface area contributed by atoms with Crippen LogP contribution in [0.2, 0.25) is 0 Å². The number of hydrogen-bond acceptors (Lipinski definition) is 5. The highest BCUT2D eigenvalue weighted by Crippen LogP contribution is 2.35. The molecule has 2 aromatic heterocycles. The normalized spacial score (nSPS) is 12.7. The van der Waals surface area contributed by atoms with Crippen molar-refractivity contribution in [1.82, 2.24) is 19.7 Å². The van der Waals surface area contributed by atoms with Gasteiger partial charge in [0.25, 0.3) is 0 Å². The van der Waals surface area contributed by atoms with E-state index < -0.39 is 0 Å². The second-order valence-corrected chi connectivity index (χ2v) is 8.45. The molecule has 1 atom stereocenters. The fourth-order valence-electron chi connectivity index (χ4n) is 2.71. The van der Waals surface area contributed by atoms with E-state index in [0.29, 0.717) is 17.7 Å². The molecule has 3 rings (SSSR count). The van der Waals surface area contributed by atoms with Crippen molar-refractivity contribution in [3.8, 4) is 11.5 Å². The fraction of sp³-hybridized carbons (Fsp3) is 0.450. The molecule has 0 radical (unpaired) electrons. The van der Waals surface area contributed by atoms with Crippen molar-refractivity contribution < 1.29 is 4.42 Å². The summed E-state index contributed by atoms with van der Waals surface area (Å²) in [5.41, 5.74) is 4.45. The molecule has 1 unspecified atom stereocenters. The first-order valence-electron chi connectivity index (χ1n) is 8.96. The number of imidazole rings is 1. The van der Waals surface area contributed by atoms with Gasteiger partial charge in [-0.1, -0.05) is 43.3 Å². The molecule has 0 bridgehead atoms. The third-order valence-corrected chi connectivity index (χ3v) is 5.42. The lowest BCUT2D eigenvalue weighted by molar-refractivity contribution is 0.484. The minimum atomic E-state index is 0.0359. The van der Waals surface area contributed by atoms with Crippen LogP contribution in [0.4, 0.5) is 0 Å². The lowest BCUT2D eigenvalue weighted by atomic mass is 10.1. The Balaban J connectivity index is 1.80. The summed E-state index contributed by atoms with van der Waals surface area (Å²) in [6.45, 7) is 13.7. The molecule has 0 saturated heterocycles. The summed E-state index contributed by atoms with van der Waals surface area (Å²) >= 11 is 1.67. The number of benzene rings is 1. The van der Waals surface area contributed by atoms with E-state index >= 15 is 0 Å². The minimum absolute atomic E-state index is 0.0359. The molecule has 0 aliphatic heterocycles. The summed E-state index contributed by atoms with van der Waals surface area (Å²) in [5.74, 6) is 1.75. The van der Waals surface area contributed by atoms with E-state index in [1.54, 1.807) is 11.8 Å². The largest absolute Gasteiger partial charge is 0.419 e. The third kappa shape index (κ3) is 4.01. The molecule has 2 heterocycles. The summed E-state index contributed by atoms with van der Waals surface area (Å²) in [4.78, 5) is 4.74. The molecule has 5 nitrogen and oxygen atoms in total. The zero-order chi connectivity index (χ0) is 18.8.